The highest BCUT2D eigenvalue weighted by Crippen LogP contribution is 2.48. The number of fused-ring (bicyclic) bond motifs is 1. The Hall–Kier alpha value is -2.82. The summed E-state index contributed by atoms with van der Waals surface area (Å²) in [6.07, 6.45) is 0. The lowest BCUT2D eigenvalue weighted by Gasteiger charge is -2.27. The van der Waals surface area contributed by atoms with Crippen LogP contribution in [-0.2, 0) is 25.2 Å². The number of hydrogen-bond donors (Lipinski definition) is 0. The van der Waals surface area contributed by atoms with Crippen molar-refractivity contribution in [1.82, 2.24) is 0 Å². The molecule has 1 aliphatic heterocycles. The molecule has 1 aliphatic rings. The summed E-state index contributed by atoms with van der Waals surface area (Å²) in [6, 6.07) is 11.7. The third-order valence-corrected chi connectivity index (χ3v) is 5.42. The van der Waals surface area contributed by atoms with E-state index in [1.165, 1.54) is 6.92 Å². The minimum Gasteiger partial charge on any atom is -0.490 e. The Labute approximate surface area is 184 Å². The van der Waals surface area contributed by atoms with Gasteiger partial charge in [-0.3, -0.25) is 9.59 Å². The van der Waals surface area contributed by atoms with Crippen LogP contribution in [0.1, 0.15) is 76.6 Å². The lowest BCUT2D eigenvalue weighted by Crippen LogP contribution is -2.17. The Kier molecular flexibility index (Phi) is 6.17. The van der Waals surface area contributed by atoms with E-state index in [1.807, 2.05) is 24.3 Å². The number of esters is 2. The van der Waals surface area contributed by atoms with Crippen molar-refractivity contribution in [3.8, 4) is 11.5 Å². The third kappa shape index (κ3) is 4.92. The first-order chi connectivity index (χ1) is 14.4. The first kappa shape index (κ1) is 22.9. The summed E-state index contributed by atoms with van der Waals surface area (Å²) < 4.78 is 16.7. The van der Waals surface area contributed by atoms with E-state index in [4.69, 9.17) is 14.2 Å². The van der Waals surface area contributed by atoms with Crippen molar-refractivity contribution in [3.63, 3.8) is 0 Å². The molecule has 0 radical (unpaired) electrons. The van der Waals surface area contributed by atoms with Gasteiger partial charge in [-0.25, -0.2) is 0 Å². The Morgan fingerprint density at radius 2 is 1.65 bits per heavy atom. The van der Waals surface area contributed by atoms with E-state index < -0.39 is 5.92 Å². The second-order valence-corrected chi connectivity index (χ2v) is 10.0. The zero-order valence-corrected chi connectivity index (χ0v) is 19.5. The Morgan fingerprint density at radius 1 is 0.968 bits per heavy atom. The van der Waals surface area contributed by atoms with Crippen molar-refractivity contribution < 1.29 is 23.8 Å². The molecule has 0 aliphatic carbocycles. The maximum Gasteiger partial charge on any atom is 0.323 e. The molecule has 31 heavy (non-hydrogen) atoms. The maximum atomic E-state index is 13.1. The first-order valence-corrected chi connectivity index (χ1v) is 10.7. The molecule has 5 nitrogen and oxygen atoms in total. The zero-order chi connectivity index (χ0) is 23.0. The van der Waals surface area contributed by atoms with Gasteiger partial charge in [0.1, 0.15) is 30.6 Å². The van der Waals surface area contributed by atoms with Crippen molar-refractivity contribution >= 4 is 11.9 Å². The molecule has 0 saturated carbocycles. The minimum atomic E-state index is -0.566. The fraction of sp³-hybridized carbons (Fsp3) is 0.462. The van der Waals surface area contributed by atoms with E-state index >= 15 is 0 Å². The predicted octanol–water partition coefficient (Wildman–Crippen LogP) is 5.27. The van der Waals surface area contributed by atoms with Crippen LogP contribution in [-0.4, -0.2) is 25.2 Å². The van der Waals surface area contributed by atoms with Gasteiger partial charge in [0.15, 0.2) is 0 Å². The fourth-order valence-corrected chi connectivity index (χ4v) is 3.74. The second kappa shape index (κ2) is 8.37. The van der Waals surface area contributed by atoms with Gasteiger partial charge in [0.05, 0.1) is 0 Å². The molecule has 0 saturated heterocycles. The van der Waals surface area contributed by atoms with Crippen LogP contribution in [0.2, 0.25) is 0 Å². The highest BCUT2D eigenvalue weighted by atomic mass is 16.6. The van der Waals surface area contributed by atoms with Gasteiger partial charge >= 0.3 is 11.9 Å². The molecule has 2 aromatic rings. The van der Waals surface area contributed by atoms with Crippen molar-refractivity contribution in [1.29, 1.82) is 0 Å². The van der Waals surface area contributed by atoms with E-state index in [2.05, 4.69) is 53.7 Å². The van der Waals surface area contributed by atoms with Crippen LogP contribution in [0.3, 0.4) is 0 Å². The number of ether oxygens (including phenoxy) is 3. The quantitative estimate of drug-likeness (QED) is 0.371. The molecular formula is C26H32O5. The molecule has 0 bridgehead atoms. The molecule has 1 atom stereocenters. The molecule has 5 heteroatoms. The topological polar surface area (TPSA) is 61.8 Å². The normalized spacial score (nSPS) is 16.0. The van der Waals surface area contributed by atoms with E-state index in [1.54, 1.807) is 0 Å². The van der Waals surface area contributed by atoms with Gasteiger partial charge < -0.3 is 14.2 Å². The molecule has 0 aromatic heterocycles. The summed E-state index contributed by atoms with van der Waals surface area (Å²) in [4.78, 5) is 24.1. The van der Waals surface area contributed by atoms with Gasteiger partial charge in [-0.05, 0) is 22.5 Å². The largest absolute Gasteiger partial charge is 0.490 e. The highest BCUT2D eigenvalue weighted by Gasteiger charge is 2.40. The summed E-state index contributed by atoms with van der Waals surface area (Å²) >= 11 is 0. The number of carbonyl (C=O) groups is 2. The van der Waals surface area contributed by atoms with Crippen molar-refractivity contribution in [3.05, 3.63) is 58.7 Å². The molecule has 0 fully saturated rings. The van der Waals surface area contributed by atoms with Gasteiger partial charge in [-0.1, -0.05) is 71.9 Å². The molecule has 166 valence electrons. The Balaban J connectivity index is 2.07. The van der Waals surface area contributed by atoms with E-state index in [-0.39, 0.29) is 36.0 Å². The molecule has 2 aromatic carbocycles. The predicted molar refractivity (Wildman–Crippen MR) is 120 cm³/mol. The van der Waals surface area contributed by atoms with Crippen molar-refractivity contribution in [2.75, 3.05) is 13.2 Å². The average Bonchev–Trinajstić information content (AvgIpc) is 2.98. The van der Waals surface area contributed by atoms with Crippen LogP contribution < -0.4 is 9.47 Å². The van der Waals surface area contributed by atoms with Gasteiger partial charge in [-0.15, -0.1) is 0 Å². The first-order valence-electron chi connectivity index (χ1n) is 10.7. The van der Waals surface area contributed by atoms with Crippen molar-refractivity contribution in [2.24, 2.45) is 0 Å². The monoisotopic (exact) mass is 424 g/mol. The number of para-hydroxylation sites is 1. The summed E-state index contributed by atoms with van der Waals surface area (Å²) in [5.41, 5.74) is 3.55. The molecule has 0 amide bonds. The number of benzene rings is 2. The van der Waals surface area contributed by atoms with Crippen LogP contribution in [0.15, 0.2) is 36.4 Å². The maximum absolute atomic E-state index is 13.1. The van der Waals surface area contributed by atoms with Gasteiger partial charge in [0.25, 0.3) is 0 Å². The fourth-order valence-electron chi connectivity index (χ4n) is 3.74. The zero-order valence-electron chi connectivity index (χ0n) is 19.5. The van der Waals surface area contributed by atoms with Crippen LogP contribution >= 0.6 is 0 Å². The van der Waals surface area contributed by atoms with Gasteiger partial charge in [-0.2, -0.15) is 0 Å². The van der Waals surface area contributed by atoms with Crippen LogP contribution in [0, 0.1) is 0 Å². The van der Waals surface area contributed by atoms with Crippen LogP contribution in [0.4, 0.5) is 0 Å². The highest BCUT2D eigenvalue weighted by molar-refractivity contribution is 5.91. The van der Waals surface area contributed by atoms with Crippen LogP contribution in [0.5, 0.6) is 11.5 Å². The van der Waals surface area contributed by atoms with E-state index in [0.717, 1.165) is 22.3 Å². The van der Waals surface area contributed by atoms with Gasteiger partial charge in [0.2, 0.25) is 0 Å². The number of hydrogen-bond acceptors (Lipinski definition) is 5. The SMILES string of the molecule is CC(=O)OCCOc1ccccc1C1C(=O)Oc2c1cc(C(C)(C)C)cc2C(C)(C)C. The second-order valence-electron chi connectivity index (χ2n) is 10.0. The van der Waals surface area contributed by atoms with Crippen LogP contribution in [0.25, 0.3) is 0 Å². The standard InChI is InChI=1S/C26H32O5/c1-16(27)29-12-13-30-21-11-9-8-10-18(21)22-19-14-17(25(2,3)4)15-20(26(5,6)7)23(19)31-24(22)28/h8-11,14-15,22H,12-13H2,1-7H3. The molecular weight excluding hydrogens is 392 g/mol. The molecule has 1 heterocycles. The molecule has 1 unspecified atom stereocenters. The van der Waals surface area contributed by atoms with E-state index in [0.29, 0.717) is 11.5 Å². The summed E-state index contributed by atoms with van der Waals surface area (Å²) in [5.74, 6) is 0.0219. The Morgan fingerprint density at radius 3 is 2.26 bits per heavy atom. The summed E-state index contributed by atoms with van der Waals surface area (Å²) in [6.45, 7) is 14.6. The van der Waals surface area contributed by atoms with Gasteiger partial charge in [0, 0.05) is 23.6 Å². The van der Waals surface area contributed by atoms with E-state index in [9.17, 15) is 9.59 Å². The Bertz CT molecular complexity index is 992. The van der Waals surface area contributed by atoms with Crippen molar-refractivity contribution in [2.45, 2.75) is 65.2 Å². The lowest BCUT2D eigenvalue weighted by molar-refractivity contribution is -0.141. The molecule has 0 N–H and O–H groups in total. The molecule has 0 spiro atoms. The summed E-state index contributed by atoms with van der Waals surface area (Å²) in [5, 5.41) is 0. The smallest absolute Gasteiger partial charge is 0.323 e. The number of carbonyl (C=O) groups excluding carboxylic acids is 2. The average molecular weight is 425 g/mol. The summed E-state index contributed by atoms with van der Waals surface area (Å²) in [7, 11) is 0. The molecule has 3 rings (SSSR count). The third-order valence-electron chi connectivity index (χ3n) is 5.42. The minimum absolute atomic E-state index is 0.0781. The lowest BCUT2D eigenvalue weighted by atomic mass is 9.77. The number of rotatable bonds is 5.